The van der Waals surface area contributed by atoms with Gasteiger partial charge in [0.2, 0.25) is 0 Å². The fourth-order valence-electron chi connectivity index (χ4n) is 3.83. The first-order valence-corrected chi connectivity index (χ1v) is 11.6. The van der Waals surface area contributed by atoms with E-state index in [1.165, 1.54) is 10.4 Å². The van der Waals surface area contributed by atoms with Gasteiger partial charge in [-0.05, 0) is 33.7 Å². The Morgan fingerprint density at radius 1 is 0.923 bits per heavy atom. The van der Waals surface area contributed by atoms with Gasteiger partial charge in [-0.1, -0.05) is 101 Å². The minimum atomic E-state index is -2.40. The predicted octanol–water partition coefficient (Wildman–Crippen LogP) is 5.41. The third kappa shape index (κ3) is 4.55. The van der Waals surface area contributed by atoms with Crippen LogP contribution in [0.15, 0.2) is 73.3 Å². The third-order valence-corrected chi connectivity index (χ3v) is 10.2. The van der Waals surface area contributed by atoms with Gasteiger partial charge in [-0.2, -0.15) is 0 Å². The van der Waals surface area contributed by atoms with Gasteiger partial charge in [0.1, 0.15) is 0 Å². The lowest BCUT2D eigenvalue weighted by atomic mass is 9.98. The highest BCUT2D eigenvalue weighted by atomic mass is 28.4. The Labute approximate surface area is 161 Å². The minimum absolute atomic E-state index is 0.0412. The van der Waals surface area contributed by atoms with E-state index < -0.39 is 8.32 Å². The number of hydrogen-bond acceptors (Lipinski definition) is 1. The van der Waals surface area contributed by atoms with Crippen LogP contribution in [0.2, 0.25) is 5.04 Å². The van der Waals surface area contributed by atoms with Gasteiger partial charge in [-0.25, -0.2) is 0 Å². The van der Waals surface area contributed by atoms with E-state index in [0.717, 1.165) is 13.0 Å². The number of allylic oxidation sites excluding steroid dienone is 1. The SMILES string of the molecule is C=C[C@H](C)C[C@H](C)CO[Si](c1ccccc1)(c1ccccc1)C(C)(C)C. The molecule has 2 heteroatoms. The lowest BCUT2D eigenvalue weighted by Gasteiger charge is -2.43. The summed E-state index contributed by atoms with van der Waals surface area (Å²) >= 11 is 0. The molecule has 0 saturated heterocycles. The maximum absolute atomic E-state index is 6.98. The molecule has 2 atom stereocenters. The van der Waals surface area contributed by atoms with E-state index in [1.807, 2.05) is 6.08 Å². The lowest BCUT2D eigenvalue weighted by Crippen LogP contribution is -2.66. The van der Waals surface area contributed by atoms with Crippen molar-refractivity contribution in [3.05, 3.63) is 73.3 Å². The van der Waals surface area contributed by atoms with Gasteiger partial charge in [0.15, 0.2) is 0 Å². The van der Waals surface area contributed by atoms with E-state index in [-0.39, 0.29) is 5.04 Å². The molecule has 0 unspecified atom stereocenters. The standard InChI is InChI=1S/C24H34OSi/c1-7-20(2)18-21(3)19-25-26(24(4,5)6,22-14-10-8-11-15-22)23-16-12-9-13-17-23/h7-17,20-21H,1,18-19H2,2-6H3/t20-,21-/m0/s1. The first kappa shape index (κ1) is 20.7. The summed E-state index contributed by atoms with van der Waals surface area (Å²) in [6.07, 6.45) is 3.15. The van der Waals surface area contributed by atoms with Crippen molar-refractivity contribution >= 4 is 18.7 Å². The molecule has 0 aliphatic heterocycles. The first-order valence-electron chi connectivity index (χ1n) is 9.69. The summed E-state index contributed by atoms with van der Waals surface area (Å²) in [5.74, 6) is 1.03. The van der Waals surface area contributed by atoms with Crippen LogP contribution in [0.4, 0.5) is 0 Å². The van der Waals surface area contributed by atoms with Gasteiger partial charge < -0.3 is 4.43 Å². The highest BCUT2D eigenvalue weighted by molar-refractivity contribution is 6.99. The minimum Gasteiger partial charge on any atom is -0.407 e. The molecule has 0 bridgehead atoms. The highest BCUT2D eigenvalue weighted by Gasteiger charge is 2.50. The Bertz CT molecular complexity index is 633. The van der Waals surface area contributed by atoms with Crippen LogP contribution in [0, 0.1) is 11.8 Å². The topological polar surface area (TPSA) is 9.23 Å². The van der Waals surface area contributed by atoms with Crippen molar-refractivity contribution < 1.29 is 4.43 Å². The Balaban J connectivity index is 2.45. The van der Waals surface area contributed by atoms with Crippen molar-refractivity contribution in [2.24, 2.45) is 11.8 Å². The second kappa shape index (κ2) is 8.83. The van der Waals surface area contributed by atoms with Crippen molar-refractivity contribution in [2.45, 2.75) is 46.1 Å². The van der Waals surface area contributed by atoms with E-state index in [9.17, 15) is 0 Å². The van der Waals surface area contributed by atoms with Crippen molar-refractivity contribution in [1.82, 2.24) is 0 Å². The maximum atomic E-state index is 6.98. The molecule has 0 aliphatic carbocycles. The molecular weight excluding hydrogens is 332 g/mol. The average molecular weight is 367 g/mol. The lowest BCUT2D eigenvalue weighted by molar-refractivity contribution is 0.230. The molecular formula is C24H34OSi. The third-order valence-electron chi connectivity index (χ3n) is 5.18. The largest absolute Gasteiger partial charge is 0.407 e. The zero-order chi connectivity index (χ0) is 19.2. The second-order valence-electron chi connectivity index (χ2n) is 8.53. The molecule has 0 heterocycles. The van der Waals surface area contributed by atoms with Crippen molar-refractivity contribution in [2.75, 3.05) is 6.61 Å². The van der Waals surface area contributed by atoms with Crippen LogP contribution in [0.25, 0.3) is 0 Å². The van der Waals surface area contributed by atoms with Crippen molar-refractivity contribution in [3.8, 4) is 0 Å². The number of hydrogen-bond donors (Lipinski definition) is 0. The second-order valence-corrected chi connectivity index (χ2v) is 12.8. The molecule has 0 aliphatic rings. The van der Waals surface area contributed by atoms with Crippen LogP contribution in [0.3, 0.4) is 0 Å². The van der Waals surface area contributed by atoms with Crippen LogP contribution in [-0.4, -0.2) is 14.9 Å². The van der Waals surface area contributed by atoms with Crippen molar-refractivity contribution in [1.29, 1.82) is 0 Å². The molecule has 140 valence electrons. The Morgan fingerprint density at radius 2 is 1.38 bits per heavy atom. The fourth-order valence-corrected chi connectivity index (χ4v) is 8.52. The predicted molar refractivity (Wildman–Crippen MR) is 117 cm³/mol. The molecule has 26 heavy (non-hydrogen) atoms. The summed E-state index contributed by atoms with van der Waals surface area (Å²) in [4.78, 5) is 0. The molecule has 1 nitrogen and oxygen atoms in total. The van der Waals surface area contributed by atoms with E-state index in [0.29, 0.717) is 11.8 Å². The van der Waals surface area contributed by atoms with Crippen molar-refractivity contribution in [3.63, 3.8) is 0 Å². The van der Waals surface area contributed by atoms with E-state index in [1.54, 1.807) is 0 Å². The molecule has 0 fully saturated rings. The van der Waals surface area contributed by atoms with Gasteiger partial charge in [0.25, 0.3) is 8.32 Å². The van der Waals surface area contributed by atoms with E-state index in [2.05, 4.69) is 102 Å². The van der Waals surface area contributed by atoms with Crippen LogP contribution in [0.1, 0.15) is 41.0 Å². The molecule has 2 rings (SSSR count). The summed E-state index contributed by atoms with van der Waals surface area (Å²) in [6, 6.07) is 21.7. The Hall–Kier alpha value is -1.64. The summed E-state index contributed by atoms with van der Waals surface area (Å²) in [7, 11) is -2.40. The number of rotatable bonds is 8. The molecule has 0 saturated carbocycles. The molecule has 0 aromatic heterocycles. The first-order chi connectivity index (χ1) is 12.3. The summed E-state index contributed by atoms with van der Waals surface area (Å²) in [6.45, 7) is 16.2. The van der Waals surface area contributed by atoms with E-state index >= 15 is 0 Å². The zero-order valence-corrected chi connectivity index (χ0v) is 18.0. The zero-order valence-electron chi connectivity index (χ0n) is 17.0. The van der Waals surface area contributed by atoms with Gasteiger partial charge in [-0.3, -0.25) is 0 Å². The average Bonchev–Trinajstić information content (AvgIpc) is 2.62. The smallest absolute Gasteiger partial charge is 0.261 e. The van der Waals surface area contributed by atoms with E-state index in [4.69, 9.17) is 4.43 Å². The van der Waals surface area contributed by atoms with Crippen LogP contribution < -0.4 is 10.4 Å². The number of benzene rings is 2. The van der Waals surface area contributed by atoms with Gasteiger partial charge in [-0.15, -0.1) is 6.58 Å². The Kier molecular flexibility index (Phi) is 7.02. The van der Waals surface area contributed by atoms with Crippen LogP contribution in [-0.2, 0) is 4.43 Å². The molecule has 2 aromatic rings. The molecule has 0 spiro atoms. The maximum Gasteiger partial charge on any atom is 0.261 e. The van der Waals surface area contributed by atoms with Gasteiger partial charge >= 0.3 is 0 Å². The molecule has 2 aromatic carbocycles. The quantitative estimate of drug-likeness (QED) is 0.448. The summed E-state index contributed by atoms with van der Waals surface area (Å²) in [5, 5.41) is 2.74. The molecule has 0 amide bonds. The molecule has 0 radical (unpaired) electrons. The Morgan fingerprint density at radius 3 is 1.77 bits per heavy atom. The summed E-state index contributed by atoms with van der Waals surface area (Å²) in [5.41, 5.74) is 0. The fraction of sp³-hybridized carbons (Fsp3) is 0.417. The molecule has 0 N–H and O–H groups in total. The van der Waals surface area contributed by atoms with Gasteiger partial charge in [0.05, 0.1) is 0 Å². The van der Waals surface area contributed by atoms with Crippen LogP contribution >= 0.6 is 0 Å². The monoisotopic (exact) mass is 366 g/mol. The normalized spacial score (nSPS) is 14.7. The van der Waals surface area contributed by atoms with Gasteiger partial charge in [0, 0.05) is 6.61 Å². The highest BCUT2D eigenvalue weighted by Crippen LogP contribution is 2.37. The van der Waals surface area contributed by atoms with Crippen LogP contribution in [0.5, 0.6) is 0 Å². The summed E-state index contributed by atoms with van der Waals surface area (Å²) < 4.78 is 6.98.